The molecule has 13 heavy (non-hydrogen) atoms. The van der Waals surface area contributed by atoms with E-state index >= 15 is 0 Å². The molecule has 2 N–H and O–H groups in total. The average molecular weight is 208 g/mol. The predicted molar refractivity (Wildman–Crippen MR) is 51.6 cm³/mol. The summed E-state index contributed by atoms with van der Waals surface area (Å²) in [4.78, 5) is 11.1. The number of aliphatic hydroxyl groups excluding tert-OH is 2. The minimum absolute atomic E-state index is 0.275. The second kappa shape index (κ2) is 7.17. The zero-order valence-corrected chi connectivity index (χ0v) is 8.71. The van der Waals surface area contributed by atoms with Crippen LogP contribution in [0.1, 0.15) is 13.8 Å². The van der Waals surface area contributed by atoms with Gasteiger partial charge in [-0.15, -0.1) is 11.8 Å². The van der Waals surface area contributed by atoms with Crippen molar-refractivity contribution in [2.75, 3.05) is 19.0 Å². The van der Waals surface area contributed by atoms with Crippen molar-refractivity contribution < 1.29 is 19.7 Å². The monoisotopic (exact) mass is 208 g/mol. The van der Waals surface area contributed by atoms with Gasteiger partial charge in [-0.25, -0.2) is 0 Å². The summed E-state index contributed by atoms with van der Waals surface area (Å²) in [7, 11) is 0. The molecule has 0 aliphatic rings. The van der Waals surface area contributed by atoms with Gasteiger partial charge in [-0.3, -0.25) is 4.79 Å². The first-order chi connectivity index (χ1) is 6.11. The van der Waals surface area contributed by atoms with Crippen LogP contribution in [-0.4, -0.2) is 46.5 Å². The second-order valence-electron chi connectivity index (χ2n) is 2.56. The Labute approximate surface area is 82.3 Å². The molecule has 0 saturated carbocycles. The van der Waals surface area contributed by atoms with E-state index in [1.165, 1.54) is 11.8 Å². The molecule has 4 nitrogen and oxygen atoms in total. The maximum Gasteiger partial charge on any atom is 0.318 e. The first-order valence-electron chi connectivity index (χ1n) is 4.19. The van der Waals surface area contributed by atoms with Crippen LogP contribution in [0.4, 0.5) is 0 Å². The second-order valence-corrected chi connectivity index (χ2v) is 3.94. The molecule has 0 aromatic rings. The van der Waals surface area contributed by atoms with Crippen LogP contribution in [0.5, 0.6) is 0 Å². The predicted octanol–water partition coefficient (Wildman–Crippen LogP) is 0.0244. The maximum absolute atomic E-state index is 11.1. The highest BCUT2D eigenvalue weighted by atomic mass is 32.2. The van der Waals surface area contributed by atoms with Crippen LogP contribution in [0.15, 0.2) is 0 Å². The molecule has 0 rings (SSSR count). The van der Waals surface area contributed by atoms with Crippen molar-refractivity contribution >= 4 is 17.7 Å². The maximum atomic E-state index is 11.1. The Balaban J connectivity index is 3.60. The lowest BCUT2D eigenvalue weighted by Gasteiger charge is -2.11. The number of esters is 1. The third kappa shape index (κ3) is 5.90. The van der Waals surface area contributed by atoms with E-state index < -0.39 is 6.10 Å². The van der Waals surface area contributed by atoms with Gasteiger partial charge in [0.15, 0.2) is 0 Å². The van der Waals surface area contributed by atoms with Crippen molar-refractivity contribution in [1.82, 2.24) is 0 Å². The minimum atomic E-state index is -0.762. The molecule has 5 heteroatoms. The zero-order valence-electron chi connectivity index (χ0n) is 7.90. The van der Waals surface area contributed by atoms with Crippen LogP contribution in [0, 0.1) is 0 Å². The van der Waals surface area contributed by atoms with Crippen molar-refractivity contribution in [3.8, 4) is 0 Å². The summed E-state index contributed by atoms with van der Waals surface area (Å²) in [5.74, 6) is 0.0638. The molecule has 2 unspecified atom stereocenters. The van der Waals surface area contributed by atoms with E-state index in [4.69, 9.17) is 14.9 Å². The Morgan fingerprint density at radius 1 is 1.62 bits per heavy atom. The van der Waals surface area contributed by atoms with Crippen molar-refractivity contribution in [3.63, 3.8) is 0 Å². The summed E-state index contributed by atoms with van der Waals surface area (Å²) < 4.78 is 4.77. The van der Waals surface area contributed by atoms with Crippen LogP contribution < -0.4 is 0 Å². The van der Waals surface area contributed by atoms with Gasteiger partial charge in [0.1, 0.15) is 0 Å². The van der Waals surface area contributed by atoms with Crippen LogP contribution in [-0.2, 0) is 9.53 Å². The fraction of sp³-hybridized carbons (Fsp3) is 0.875. The molecule has 0 heterocycles. The molecule has 0 bridgehead atoms. The first kappa shape index (κ1) is 12.7. The summed E-state index contributed by atoms with van der Waals surface area (Å²) in [5, 5.41) is 17.2. The molecule has 0 aromatic heterocycles. The Hall–Kier alpha value is -0.260. The quantitative estimate of drug-likeness (QED) is 0.603. The summed E-state index contributed by atoms with van der Waals surface area (Å²) in [6, 6.07) is 0. The molecular formula is C8H16O4S. The molecule has 0 aliphatic carbocycles. The lowest BCUT2D eigenvalue weighted by atomic mass is 10.4. The Bertz CT molecular complexity index is 151. The molecule has 0 fully saturated rings. The Kier molecular flexibility index (Phi) is 7.03. The highest BCUT2D eigenvalue weighted by Gasteiger charge is 2.15. The molecular weight excluding hydrogens is 192 g/mol. The summed E-state index contributed by atoms with van der Waals surface area (Å²) in [6.45, 7) is 3.56. The van der Waals surface area contributed by atoms with E-state index in [1.807, 2.05) is 0 Å². The fourth-order valence-electron chi connectivity index (χ4n) is 0.636. The number of thioether (sulfide) groups is 1. The fourth-order valence-corrected chi connectivity index (χ4v) is 1.46. The third-order valence-corrected chi connectivity index (χ3v) is 2.64. The summed E-state index contributed by atoms with van der Waals surface area (Å²) >= 11 is 1.27. The van der Waals surface area contributed by atoms with Gasteiger partial charge in [-0.2, -0.15) is 0 Å². The highest BCUT2D eigenvalue weighted by Crippen LogP contribution is 2.13. The third-order valence-electron chi connectivity index (χ3n) is 1.37. The number of hydrogen-bond acceptors (Lipinski definition) is 5. The van der Waals surface area contributed by atoms with E-state index in [9.17, 15) is 4.79 Å². The summed E-state index contributed by atoms with van der Waals surface area (Å²) in [6.07, 6.45) is -0.762. The molecule has 0 aromatic carbocycles. The molecule has 2 atom stereocenters. The van der Waals surface area contributed by atoms with E-state index in [0.29, 0.717) is 12.4 Å². The Morgan fingerprint density at radius 2 is 2.23 bits per heavy atom. The number of rotatable bonds is 6. The van der Waals surface area contributed by atoms with Gasteiger partial charge in [0.05, 0.1) is 24.6 Å². The molecule has 0 aliphatic heterocycles. The van der Waals surface area contributed by atoms with Gasteiger partial charge in [0.2, 0.25) is 0 Å². The normalized spacial score (nSPS) is 15.1. The van der Waals surface area contributed by atoms with E-state index in [-0.39, 0.29) is 17.8 Å². The van der Waals surface area contributed by atoms with Crippen molar-refractivity contribution in [2.24, 2.45) is 0 Å². The van der Waals surface area contributed by atoms with Gasteiger partial charge < -0.3 is 14.9 Å². The molecule has 0 saturated heterocycles. The van der Waals surface area contributed by atoms with Crippen molar-refractivity contribution in [2.45, 2.75) is 25.2 Å². The van der Waals surface area contributed by atoms with Crippen LogP contribution >= 0.6 is 11.8 Å². The lowest BCUT2D eigenvalue weighted by Crippen LogP contribution is -2.21. The number of ether oxygens (including phenoxy) is 1. The van der Waals surface area contributed by atoms with Crippen molar-refractivity contribution in [3.05, 3.63) is 0 Å². The van der Waals surface area contributed by atoms with E-state index in [2.05, 4.69) is 0 Å². The van der Waals surface area contributed by atoms with Gasteiger partial charge in [0, 0.05) is 5.75 Å². The smallest absolute Gasteiger partial charge is 0.318 e. The number of carbonyl (C=O) groups excluding carboxylic acids is 1. The van der Waals surface area contributed by atoms with E-state index in [1.54, 1.807) is 13.8 Å². The summed E-state index contributed by atoms with van der Waals surface area (Å²) in [5.41, 5.74) is 0. The molecule has 78 valence electrons. The molecule has 0 amide bonds. The zero-order chi connectivity index (χ0) is 10.3. The standard InChI is InChI=1S/C8H16O4S/c1-3-12-8(11)6(2)13-5-7(10)4-9/h6-7,9-10H,3-5H2,1-2H3. The first-order valence-corrected chi connectivity index (χ1v) is 5.23. The van der Waals surface area contributed by atoms with E-state index in [0.717, 1.165) is 0 Å². The number of hydrogen-bond donors (Lipinski definition) is 2. The van der Waals surface area contributed by atoms with Gasteiger partial charge in [-0.05, 0) is 13.8 Å². The molecule has 0 radical (unpaired) electrons. The SMILES string of the molecule is CCOC(=O)C(C)SCC(O)CO. The Morgan fingerprint density at radius 3 is 2.69 bits per heavy atom. The van der Waals surface area contributed by atoms with Gasteiger partial charge >= 0.3 is 5.97 Å². The largest absolute Gasteiger partial charge is 0.465 e. The highest BCUT2D eigenvalue weighted by molar-refractivity contribution is 8.00. The number of carbonyl (C=O) groups is 1. The average Bonchev–Trinajstić information content (AvgIpc) is 2.13. The van der Waals surface area contributed by atoms with Gasteiger partial charge in [-0.1, -0.05) is 0 Å². The number of aliphatic hydroxyl groups is 2. The minimum Gasteiger partial charge on any atom is -0.465 e. The topological polar surface area (TPSA) is 66.8 Å². The van der Waals surface area contributed by atoms with Crippen LogP contribution in [0.3, 0.4) is 0 Å². The van der Waals surface area contributed by atoms with Crippen LogP contribution in [0.25, 0.3) is 0 Å². The van der Waals surface area contributed by atoms with Crippen molar-refractivity contribution in [1.29, 1.82) is 0 Å². The van der Waals surface area contributed by atoms with Gasteiger partial charge in [0.25, 0.3) is 0 Å². The molecule has 0 spiro atoms. The lowest BCUT2D eigenvalue weighted by molar-refractivity contribution is -0.142. The van der Waals surface area contributed by atoms with Crippen LogP contribution in [0.2, 0.25) is 0 Å².